The Hall–Kier alpha value is -1.80. The molecule has 0 aliphatic carbocycles. The molecule has 2 rings (SSSR count). The van der Waals surface area contributed by atoms with Crippen LogP contribution in [0.3, 0.4) is 0 Å². The summed E-state index contributed by atoms with van der Waals surface area (Å²) >= 11 is 0. The third kappa shape index (κ3) is 4.84. The summed E-state index contributed by atoms with van der Waals surface area (Å²) in [6, 6.07) is 7.51. The Morgan fingerprint density at radius 1 is 1.30 bits per heavy atom. The minimum absolute atomic E-state index is 0.173. The van der Waals surface area contributed by atoms with E-state index in [0.29, 0.717) is 12.4 Å². The molecule has 0 radical (unpaired) electrons. The van der Waals surface area contributed by atoms with E-state index in [9.17, 15) is 5.11 Å². The topological polar surface area (TPSA) is 29.5 Å². The third-order valence-corrected chi connectivity index (χ3v) is 4.38. The lowest BCUT2D eigenvalue weighted by Gasteiger charge is -2.17. The van der Waals surface area contributed by atoms with Gasteiger partial charge in [0.05, 0.1) is 12.7 Å². The summed E-state index contributed by atoms with van der Waals surface area (Å²) in [5, 5.41) is 9.96. The third-order valence-electron chi connectivity index (χ3n) is 4.38. The van der Waals surface area contributed by atoms with Gasteiger partial charge in [-0.05, 0) is 42.9 Å². The number of phenolic OH excluding ortho intramolecular Hbond substituents is 1. The fourth-order valence-corrected chi connectivity index (χ4v) is 3.03. The molecule has 1 aromatic carbocycles. The highest BCUT2D eigenvalue weighted by molar-refractivity contribution is 5.59. The van der Waals surface area contributed by atoms with Crippen molar-refractivity contribution in [2.24, 2.45) is 0 Å². The van der Waals surface area contributed by atoms with Crippen molar-refractivity contribution in [1.29, 1.82) is 0 Å². The average Bonchev–Trinajstić information content (AvgIpc) is 3.02. The molecule has 1 N–H and O–H groups in total. The number of benzene rings is 1. The van der Waals surface area contributed by atoms with Crippen LogP contribution in [0.4, 0.5) is 0 Å². The van der Waals surface area contributed by atoms with Crippen LogP contribution in [-0.4, -0.2) is 17.8 Å². The lowest BCUT2D eigenvalue weighted by Crippen LogP contribution is -2.11. The van der Waals surface area contributed by atoms with E-state index in [4.69, 9.17) is 4.74 Å². The van der Waals surface area contributed by atoms with Crippen molar-refractivity contribution in [3.8, 4) is 5.75 Å². The summed E-state index contributed by atoms with van der Waals surface area (Å²) in [5.41, 5.74) is 4.74. The first-order valence-electron chi connectivity index (χ1n) is 8.62. The van der Waals surface area contributed by atoms with Crippen molar-refractivity contribution in [2.75, 3.05) is 6.61 Å². The standard InChI is InChI=1S/C21H28O2/c1-4-8-17(15-18-9-6-7-10-20(18)22)11-12-21-19(13-14-23-21)16(3)5-2/h6-7,9-10,13,15,21-22H,3-5,8,11-12,14H2,1-2H3/b17-15+. The van der Waals surface area contributed by atoms with E-state index < -0.39 is 0 Å². The molecule has 0 bridgehead atoms. The largest absolute Gasteiger partial charge is 0.507 e. The minimum Gasteiger partial charge on any atom is -0.507 e. The quantitative estimate of drug-likeness (QED) is 0.672. The molecule has 1 heterocycles. The molecule has 0 fully saturated rings. The molecular weight excluding hydrogens is 284 g/mol. The van der Waals surface area contributed by atoms with Gasteiger partial charge in [-0.1, -0.05) is 62.8 Å². The van der Waals surface area contributed by atoms with Crippen molar-refractivity contribution >= 4 is 6.08 Å². The van der Waals surface area contributed by atoms with Crippen LogP contribution in [0.2, 0.25) is 0 Å². The van der Waals surface area contributed by atoms with Crippen molar-refractivity contribution in [3.05, 3.63) is 59.2 Å². The predicted molar refractivity (Wildman–Crippen MR) is 97.5 cm³/mol. The van der Waals surface area contributed by atoms with Gasteiger partial charge in [0.15, 0.2) is 0 Å². The van der Waals surface area contributed by atoms with E-state index in [2.05, 4.69) is 32.6 Å². The summed E-state index contributed by atoms with van der Waals surface area (Å²) < 4.78 is 5.86. The molecular formula is C21H28O2. The number of para-hydroxylation sites is 1. The van der Waals surface area contributed by atoms with Gasteiger partial charge in [-0.25, -0.2) is 0 Å². The Kier molecular flexibility index (Phi) is 6.66. The molecule has 0 aromatic heterocycles. The maximum atomic E-state index is 9.96. The van der Waals surface area contributed by atoms with E-state index in [-0.39, 0.29) is 6.10 Å². The molecule has 23 heavy (non-hydrogen) atoms. The second-order valence-electron chi connectivity index (χ2n) is 6.09. The van der Waals surface area contributed by atoms with E-state index in [1.807, 2.05) is 18.2 Å². The molecule has 0 spiro atoms. The molecule has 2 nitrogen and oxygen atoms in total. The summed E-state index contributed by atoms with van der Waals surface area (Å²) in [6.07, 6.45) is 9.57. The first kappa shape index (κ1) is 17.6. The zero-order chi connectivity index (χ0) is 16.7. The minimum atomic E-state index is 0.173. The SMILES string of the molecule is C=C(CC)C1=CCOC1CC/C(=C/c1ccccc1O)CCC. The molecule has 124 valence electrons. The van der Waals surface area contributed by atoms with Gasteiger partial charge in [-0.3, -0.25) is 0 Å². The first-order chi connectivity index (χ1) is 11.2. The Bertz CT molecular complexity index is 596. The van der Waals surface area contributed by atoms with Crippen LogP contribution in [-0.2, 0) is 4.74 Å². The Morgan fingerprint density at radius 3 is 2.78 bits per heavy atom. The lowest BCUT2D eigenvalue weighted by atomic mass is 9.94. The van der Waals surface area contributed by atoms with Crippen molar-refractivity contribution < 1.29 is 9.84 Å². The molecule has 0 saturated heterocycles. The van der Waals surface area contributed by atoms with Gasteiger partial charge in [0.1, 0.15) is 5.75 Å². The van der Waals surface area contributed by atoms with Crippen LogP contribution in [0.15, 0.2) is 53.6 Å². The zero-order valence-corrected chi connectivity index (χ0v) is 14.3. The summed E-state index contributed by atoms with van der Waals surface area (Å²) in [4.78, 5) is 0. The Balaban J connectivity index is 2.04. The van der Waals surface area contributed by atoms with E-state index in [1.165, 1.54) is 16.7 Å². The van der Waals surface area contributed by atoms with Gasteiger partial charge >= 0.3 is 0 Å². The maximum absolute atomic E-state index is 9.96. The van der Waals surface area contributed by atoms with Crippen molar-refractivity contribution in [2.45, 2.75) is 52.1 Å². The van der Waals surface area contributed by atoms with Crippen LogP contribution in [0, 0.1) is 0 Å². The number of allylic oxidation sites excluding steroid dienone is 1. The predicted octanol–water partition coefficient (Wildman–Crippen LogP) is 5.65. The van der Waals surface area contributed by atoms with Crippen molar-refractivity contribution in [3.63, 3.8) is 0 Å². The Morgan fingerprint density at radius 2 is 2.09 bits per heavy atom. The molecule has 0 saturated carbocycles. The molecule has 1 unspecified atom stereocenters. The average molecular weight is 312 g/mol. The highest BCUT2D eigenvalue weighted by atomic mass is 16.5. The van der Waals surface area contributed by atoms with Gasteiger partial charge in [0.25, 0.3) is 0 Å². The highest BCUT2D eigenvalue weighted by Crippen LogP contribution is 2.29. The van der Waals surface area contributed by atoms with Gasteiger partial charge in [-0.2, -0.15) is 0 Å². The van der Waals surface area contributed by atoms with Gasteiger partial charge in [0, 0.05) is 5.56 Å². The first-order valence-corrected chi connectivity index (χ1v) is 8.62. The number of hydrogen-bond acceptors (Lipinski definition) is 2. The van der Waals surface area contributed by atoms with Crippen LogP contribution in [0.1, 0.15) is 51.5 Å². The monoisotopic (exact) mass is 312 g/mol. The van der Waals surface area contributed by atoms with Crippen molar-refractivity contribution in [1.82, 2.24) is 0 Å². The fraction of sp³-hybridized carbons (Fsp3) is 0.429. The van der Waals surface area contributed by atoms with Crippen LogP contribution < -0.4 is 0 Å². The molecule has 1 aliphatic rings. The number of phenols is 1. The summed E-state index contributed by atoms with van der Waals surface area (Å²) in [6.45, 7) is 9.18. The highest BCUT2D eigenvalue weighted by Gasteiger charge is 2.21. The smallest absolute Gasteiger partial charge is 0.122 e. The number of aromatic hydroxyl groups is 1. The second-order valence-corrected chi connectivity index (χ2v) is 6.09. The fourth-order valence-electron chi connectivity index (χ4n) is 3.03. The van der Waals surface area contributed by atoms with E-state index >= 15 is 0 Å². The normalized spacial score (nSPS) is 18.1. The molecule has 1 aliphatic heterocycles. The molecule has 1 atom stereocenters. The summed E-state index contributed by atoms with van der Waals surface area (Å²) in [7, 11) is 0. The van der Waals surface area contributed by atoms with Gasteiger partial charge < -0.3 is 9.84 Å². The maximum Gasteiger partial charge on any atom is 0.122 e. The molecule has 2 heteroatoms. The zero-order valence-electron chi connectivity index (χ0n) is 14.3. The van der Waals surface area contributed by atoms with Crippen LogP contribution in [0.5, 0.6) is 5.75 Å². The molecule has 1 aromatic rings. The van der Waals surface area contributed by atoms with Crippen LogP contribution in [0.25, 0.3) is 6.08 Å². The van der Waals surface area contributed by atoms with Crippen LogP contribution >= 0.6 is 0 Å². The van der Waals surface area contributed by atoms with E-state index in [1.54, 1.807) is 6.07 Å². The molecule has 0 amide bonds. The van der Waals surface area contributed by atoms with Gasteiger partial charge in [-0.15, -0.1) is 0 Å². The number of hydrogen-bond donors (Lipinski definition) is 1. The van der Waals surface area contributed by atoms with E-state index in [0.717, 1.165) is 37.7 Å². The summed E-state index contributed by atoms with van der Waals surface area (Å²) in [5.74, 6) is 0.346. The lowest BCUT2D eigenvalue weighted by molar-refractivity contribution is 0.116. The second kappa shape index (κ2) is 8.73. The number of ether oxygens (including phenoxy) is 1. The number of rotatable bonds is 8. The van der Waals surface area contributed by atoms with Gasteiger partial charge in [0.2, 0.25) is 0 Å². The Labute approximate surface area is 140 Å².